The number of aryl methyl sites for hydroxylation is 1. The molecule has 3 rings (SSSR count). The number of rotatable bonds is 2. The van der Waals surface area contributed by atoms with Crippen LogP contribution in [0.2, 0.25) is 0 Å². The van der Waals surface area contributed by atoms with Crippen molar-refractivity contribution >= 4 is 5.52 Å². The molecule has 19 heavy (non-hydrogen) atoms. The quantitative estimate of drug-likeness (QED) is 0.765. The van der Waals surface area contributed by atoms with Crippen LogP contribution < -0.4 is 5.73 Å². The molecule has 4 heteroatoms. The molecule has 0 saturated carbocycles. The average molecular weight is 255 g/mol. The highest BCUT2D eigenvalue weighted by Crippen LogP contribution is 2.27. The normalized spacial score (nSPS) is 11.1. The van der Waals surface area contributed by atoms with E-state index in [0.717, 1.165) is 28.0 Å². The molecule has 2 N–H and O–H groups in total. The van der Waals surface area contributed by atoms with Gasteiger partial charge in [0.15, 0.2) is 0 Å². The fourth-order valence-electron chi connectivity index (χ4n) is 2.28. The Balaban J connectivity index is 2.19. The summed E-state index contributed by atoms with van der Waals surface area (Å²) < 4.78 is 15.0. The van der Waals surface area contributed by atoms with Crippen LogP contribution in [0, 0.1) is 12.7 Å². The van der Waals surface area contributed by atoms with Crippen molar-refractivity contribution in [3.63, 3.8) is 0 Å². The van der Waals surface area contributed by atoms with Crippen LogP contribution in [0.4, 0.5) is 4.39 Å². The summed E-state index contributed by atoms with van der Waals surface area (Å²) in [5.41, 5.74) is 10.7. The largest absolute Gasteiger partial charge is 0.325 e. The van der Waals surface area contributed by atoms with Crippen molar-refractivity contribution in [1.82, 2.24) is 9.38 Å². The summed E-state index contributed by atoms with van der Waals surface area (Å²) in [5.74, 6) is -0.225. The number of hydrogen-bond donors (Lipinski definition) is 1. The molecule has 0 aliphatic heterocycles. The number of fused-ring (bicyclic) bond motifs is 1. The van der Waals surface area contributed by atoms with Gasteiger partial charge in [-0.2, -0.15) is 0 Å². The maximum Gasteiger partial charge on any atom is 0.123 e. The van der Waals surface area contributed by atoms with Crippen molar-refractivity contribution < 1.29 is 4.39 Å². The zero-order valence-electron chi connectivity index (χ0n) is 10.6. The smallest absolute Gasteiger partial charge is 0.123 e. The Kier molecular flexibility index (Phi) is 2.80. The second kappa shape index (κ2) is 4.48. The van der Waals surface area contributed by atoms with Crippen molar-refractivity contribution in [1.29, 1.82) is 0 Å². The molecule has 3 nitrogen and oxygen atoms in total. The van der Waals surface area contributed by atoms with Gasteiger partial charge in [-0.25, -0.2) is 9.37 Å². The first kappa shape index (κ1) is 11.9. The molecule has 0 bridgehead atoms. The summed E-state index contributed by atoms with van der Waals surface area (Å²) >= 11 is 0. The van der Waals surface area contributed by atoms with Crippen molar-refractivity contribution in [3.05, 3.63) is 59.9 Å². The molecule has 0 atom stereocenters. The lowest BCUT2D eigenvalue weighted by molar-refractivity contribution is 0.628. The summed E-state index contributed by atoms with van der Waals surface area (Å²) in [6.07, 6.45) is 1.78. The van der Waals surface area contributed by atoms with Gasteiger partial charge in [0.25, 0.3) is 0 Å². The number of hydrogen-bond acceptors (Lipinski definition) is 2. The Labute approximate surface area is 110 Å². The van der Waals surface area contributed by atoms with E-state index in [9.17, 15) is 4.39 Å². The van der Waals surface area contributed by atoms with Gasteiger partial charge in [0.05, 0.1) is 12.0 Å². The molecule has 96 valence electrons. The third kappa shape index (κ3) is 2.00. The molecule has 0 amide bonds. The van der Waals surface area contributed by atoms with Crippen molar-refractivity contribution in [2.45, 2.75) is 13.5 Å². The topological polar surface area (TPSA) is 43.3 Å². The van der Waals surface area contributed by atoms with Crippen molar-refractivity contribution in [3.8, 4) is 11.1 Å². The maximum atomic E-state index is 13.0. The molecule has 0 fully saturated rings. The number of aromatic nitrogens is 2. The van der Waals surface area contributed by atoms with Crippen LogP contribution in [0.3, 0.4) is 0 Å². The van der Waals surface area contributed by atoms with Gasteiger partial charge in [-0.1, -0.05) is 12.1 Å². The van der Waals surface area contributed by atoms with E-state index in [4.69, 9.17) is 5.73 Å². The van der Waals surface area contributed by atoms with Crippen molar-refractivity contribution in [2.24, 2.45) is 5.73 Å². The van der Waals surface area contributed by atoms with E-state index >= 15 is 0 Å². The van der Waals surface area contributed by atoms with Gasteiger partial charge in [0, 0.05) is 23.3 Å². The first-order valence-electron chi connectivity index (χ1n) is 6.11. The first-order chi connectivity index (χ1) is 9.19. The highest BCUT2D eigenvalue weighted by molar-refractivity contribution is 5.73. The van der Waals surface area contributed by atoms with Gasteiger partial charge >= 0.3 is 0 Å². The van der Waals surface area contributed by atoms with Gasteiger partial charge in [0.1, 0.15) is 5.82 Å². The van der Waals surface area contributed by atoms with Gasteiger partial charge in [0.2, 0.25) is 0 Å². The monoisotopic (exact) mass is 255 g/mol. The zero-order chi connectivity index (χ0) is 13.4. The van der Waals surface area contributed by atoms with Crippen LogP contribution in [0.25, 0.3) is 16.6 Å². The molecule has 2 aromatic heterocycles. The summed E-state index contributed by atoms with van der Waals surface area (Å²) in [6, 6.07) is 10.6. The SMILES string of the molecule is Cc1c(-c2ccc(F)cc2)cc2cc(CN)ncn12. The first-order valence-corrected chi connectivity index (χ1v) is 6.11. The fraction of sp³-hybridized carbons (Fsp3) is 0.133. The zero-order valence-corrected chi connectivity index (χ0v) is 10.6. The molecule has 2 heterocycles. The fourth-order valence-corrected chi connectivity index (χ4v) is 2.28. The average Bonchev–Trinajstić information content (AvgIpc) is 2.76. The minimum Gasteiger partial charge on any atom is -0.325 e. The van der Waals surface area contributed by atoms with Crippen LogP contribution in [0.5, 0.6) is 0 Å². The molecule has 0 saturated heterocycles. The molecule has 0 aliphatic carbocycles. The third-order valence-corrected chi connectivity index (χ3v) is 3.34. The third-order valence-electron chi connectivity index (χ3n) is 3.34. The van der Waals surface area contributed by atoms with Gasteiger partial charge < -0.3 is 10.1 Å². The highest BCUT2D eigenvalue weighted by atomic mass is 19.1. The van der Waals surface area contributed by atoms with Gasteiger partial charge in [-0.05, 0) is 36.8 Å². The van der Waals surface area contributed by atoms with Crippen LogP contribution in [-0.4, -0.2) is 9.38 Å². The van der Waals surface area contributed by atoms with E-state index in [-0.39, 0.29) is 5.82 Å². The van der Waals surface area contributed by atoms with Crippen LogP contribution >= 0.6 is 0 Å². The van der Waals surface area contributed by atoms with Crippen LogP contribution in [-0.2, 0) is 6.54 Å². The Hall–Kier alpha value is -2.20. The lowest BCUT2D eigenvalue weighted by atomic mass is 10.1. The van der Waals surface area contributed by atoms with Crippen LogP contribution in [0.1, 0.15) is 11.4 Å². The molecule has 0 spiro atoms. The van der Waals surface area contributed by atoms with E-state index in [1.165, 1.54) is 12.1 Å². The molecule has 0 unspecified atom stereocenters. The lowest BCUT2D eigenvalue weighted by Crippen LogP contribution is -2.01. The van der Waals surface area contributed by atoms with Gasteiger partial charge in [-0.3, -0.25) is 0 Å². The van der Waals surface area contributed by atoms with Gasteiger partial charge in [-0.15, -0.1) is 0 Å². The molecular weight excluding hydrogens is 241 g/mol. The van der Waals surface area contributed by atoms with E-state index in [2.05, 4.69) is 11.1 Å². The second-order valence-electron chi connectivity index (χ2n) is 4.53. The molecule has 3 aromatic rings. The number of halogens is 1. The summed E-state index contributed by atoms with van der Waals surface area (Å²) in [5, 5.41) is 0. The van der Waals surface area contributed by atoms with Crippen LogP contribution in [0.15, 0.2) is 42.7 Å². The summed E-state index contributed by atoms with van der Waals surface area (Å²) in [4.78, 5) is 4.29. The molecule has 0 radical (unpaired) electrons. The maximum absolute atomic E-state index is 13.0. The predicted octanol–water partition coefficient (Wildman–Crippen LogP) is 2.91. The summed E-state index contributed by atoms with van der Waals surface area (Å²) in [6.45, 7) is 2.45. The van der Waals surface area contributed by atoms with Crippen molar-refractivity contribution in [2.75, 3.05) is 0 Å². The van der Waals surface area contributed by atoms with E-state index in [1.807, 2.05) is 17.4 Å². The Bertz CT molecular complexity index is 729. The molecular formula is C15H14FN3. The second-order valence-corrected chi connectivity index (χ2v) is 4.53. The van der Waals surface area contributed by atoms with E-state index < -0.39 is 0 Å². The molecule has 0 aliphatic rings. The molecule has 1 aromatic carbocycles. The number of nitrogens with two attached hydrogens (primary N) is 1. The minimum absolute atomic E-state index is 0.225. The standard InChI is InChI=1S/C15H14FN3/c1-10-15(11-2-4-12(16)5-3-11)7-14-6-13(8-17)18-9-19(10)14/h2-7,9H,8,17H2,1H3. The Morgan fingerprint density at radius 1 is 1.21 bits per heavy atom. The minimum atomic E-state index is -0.225. The Morgan fingerprint density at radius 3 is 2.63 bits per heavy atom. The number of benzene rings is 1. The van der Waals surface area contributed by atoms with E-state index in [1.54, 1.807) is 18.5 Å². The predicted molar refractivity (Wildman–Crippen MR) is 73.2 cm³/mol. The number of nitrogens with zero attached hydrogens (tertiary/aromatic N) is 2. The lowest BCUT2D eigenvalue weighted by Gasteiger charge is -2.02. The summed E-state index contributed by atoms with van der Waals surface area (Å²) in [7, 11) is 0. The Morgan fingerprint density at radius 2 is 1.95 bits per heavy atom. The highest BCUT2D eigenvalue weighted by Gasteiger charge is 2.09. The van der Waals surface area contributed by atoms with E-state index in [0.29, 0.717) is 6.54 Å².